The molecular weight excluding hydrogens is 205 g/mol. The first-order valence-corrected chi connectivity index (χ1v) is 5.70. The van der Waals surface area contributed by atoms with Crippen LogP contribution in [0.4, 0.5) is 4.39 Å². The zero-order chi connectivity index (χ0) is 12.0. The molecule has 0 radical (unpaired) electrons. The van der Waals surface area contributed by atoms with Crippen LogP contribution < -0.4 is 5.32 Å². The molecule has 90 valence electrons. The van der Waals surface area contributed by atoms with Crippen LogP contribution in [-0.2, 0) is 4.74 Å². The Hall–Kier alpha value is -0.930. The van der Waals surface area contributed by atoms with Crippen LogP contribution in [0.25, 0.3) is 0 Å². The summed E-state index contributed by atoms with van der Waals surface area (Å²) in [5.74, 6) is -0.150. The fourth-order valence-corrected chi connectivity index (χ4v) is 1.71. The summed E-state index contributed by atoms with van der Waals surface area (Å²) in [6.07, 6.45) is 0.898. The molecule has 0 spiro atoms. The second kappa shape index (κ2) is 6.61. The van der Waals surface area contributed by atoms with E-state index in [2.05, 4.69) is 5.32 Å². The summed E-state index contributed by atoms with van der Waals surface area (Å²) in [5, 5.41) is 3.22. The standard InChI is InChI=1S/C13H20FNO/c1-4-16-8-7-13(15-3)11-5-6-12(14)10(2)9-11/h5-6,9,13,15H,4,7-8H2,1-3H3. The van der Waals surface area contributed by atoms with Gasteiger partial charge in [0.2, 0.25) is 0 Å². The fraction of sp³-hybridized carbons (Fsp3) is 0.538. The Morgan fingerprint density at radius 3 is 2.75 bits per heavy atom. The molecular formula is C13H20FNO. The van der Waals surface area contributed by atoms with Crippen molar-refractivity contribution in [1.82, 2.24) is 5.32 Å². The van der Waals surface area contributed by atoms with Crippen molar-refractivity contribution in [3.63, 3.8) is 0 Å². The molecule has 0 aromatic heterocycles. The fourth-order valence-electron chi connectivity index (χ4n) is 1.71. The smallest absolute Gasteiger partial charge is 0.126 e. The van der Waals surface area contributed by atoms with E-state index >= 15 is 0 Å². The van der Waals surface area contributed by atoms with E-state index in [1.165, 1.54) is 6.07 Å². The van der Waals surface area contributed by atoms with Gasteiger partial charge in [-0.3, -0.25) is 0 Å². The summed E-state index contributed by atoms with van der Waals surface area (Å²) in [6, 6.07) is 5.47. The van der Waals surface area contributed by atoms with Crippen LogP contribution in [0.15, 0.2) is 18.2 Å². The van der Waals surface area contributed by atoms with Crippen molar-refractivity contribution in [2.75, 3.05) is 20.3 Å². The van der Waals surface area contributed by atoms with E-state index in [0.29, 0.717) is 5.56 Å². The van der Waals surface area contributed by atoms with Gasteiger partial charge < -0.3 is 10.1 Å². The molecule has 1 atom stereocenters. The maximum Gasteiger partial charge on any atom is 0.126 e. The van der Waals surface area contributed by atoms with Gasteiger partial charge in [-0.15, -0.1) is 0 Å². The molecule has 0 aliphatic carbocycles. The largest absolute Gasteiger partial charge is 0.382 e. The lowest BCUT2D eigenvalue weighted by Crippen LogP contribution is -2.18. The Balaban J connectivity index is 2.67. The van der Waals surface area contributed by atoms with E-state index in [0.717, 1.165) is 25.2 Å². The highest BCUT2D eigenvalue weighted by molar-refractivity contribution is 5.26. The Kier molecular flexibility index (Phi) is 5.43. The first-order valence-electron chi connectivity index (χ1n) is 5.70. The zero-order valence-electron chi connectivity index (χ0n) is 10.2. The molecule has 1 aromatic carbocycles. The maximum atomic E-state index is 13.1. The summed E-state index contributed by atoms with van der Waals surface area (Å²) < 4.78 is 18.5. The van der Waals surface area contributed by atoms with Gasteiger partial charge in [-0.2, -0.15) is 0 Å². The second-order valence-corrected chi connectivity index (χ2v) is 3.84. The second-order valence-electron chi connectivity index (χ2n) is 3.84. The van der Waals surface area contributed by atoms with Crippen molar-refractivity contribution in [3.05, 3.63) is 35.1 Å². The highest BCUT2D eigenvalue weighted by Gasteiger charge is 2.10. The zero-order valence-corrected chi connectivity index (χ0v) is 10.2. The average Bonchev–Trinajstić information content (AvgIpc) is 2.29. The molecule has 2 nitrogen and oxygen atoms in total. The molecule has 0 saturated heterocycles. The topological polar surface area (TPSA) is 21.3 Å². The number of benzene rings is 1. The molecule has 1 rings (SSSR count). The van der Waals surface area contributed by atoms with Gasteiger partial charge in [0.15, 0.2) is 0 Å². The van der Waals surface area contributed by atoms with Crippen molar-refractivity contribution in [2.24, 2.45) is 0 Å². The van der Waals surface area contributed by atoms with Gasteiger partial charge in [0.1, 0.15) is 5.82 Å². The van der Waals surface area contributed by atoms with Gasteiger partial charge in [0.25, 0.3) is 0 Å². The van der Waals surface area contributed by atoms with Gasteiger partial charge in [0.05, 0.1) is 0 Å². The Morgan fingerprint density at radius 2 is 2.19 bits per heavy atom. The van der Waals surface area contributed by atoms with Gasteiger partial charge >= 0.3 is 0 Å². The van der Waals surface area contributed by atoms with E-state index in [1.807, 2.05) is 26.1 Å². The molecule has 3 heteroatoms. The predicted octanol–water partition coefficient (Wildman–Crippen LogP) is 2.82. The Bertz CT molecular complexity index is 328. The normalized spacial score (nSPS) is 12.8. The third-order valence-corrected chi connectivity index (χ3v) is 2.69. The minimum Gasteiger partial charge on any atom is -0.382 e. The van der Waals surface area contributed by atoms with Crippen molar-refractivity contribution in [1.29, 1.82) is 0 Å². The third-order valence-electron chi connectivity index (χ3n) is 2.69. The molecule has 1 aromatic rings. The molecule has 0 aliphatic heterocycles. The lowest BCUT2D eigenvalue weighted by molar-refractivity contribution is 0.137. The van der Waals surface area contributed by atoms with Crippen molar-refractivity contribution >= 4 is 0 Å². The van der Waals surface area contributed by atoms with E-state index in [1.54, 1.807) is 6.92 Å². The van der Waals surface area contributed by atoms with Crippen molar-refractivity contribution in [3.8, 4) is 0 Å². The van der Waals surface area contributed by atoms with Crippen LogP contribution in [-0.4, -0.2) is 20.3 Å². The van der Waals surface area contributed by atoms with E-state index in [9.17, 15) is 4.39 Å². The van der Waals surface area contributed by atoms with Crippen LogP contribution in [0.5, 0.6) is 0 Å². The SMILES string of the molecule is CCOCCC(NC)c1ccc(F)c(C)c1. The van der Waals surface area contributed by atoms with Gasteiger partial charge in [-0.25, -0.2) is 4.39 Å². The summed E-state index contributed by atoms with van der Waals surface area (Å²) in [7, 11) is 1.91. The average molecular weight is 225 g/mol. The van der Waals surface area contributed by atoms with E-state index in [4.69, 9.17) is 4.74 Å². The number of nitrogens with one attached hydrogen (secondary N) is 1. The number of hydrogen-bond acceptors (Lipinski definition) is 2. The molecule has 0 bridgehead atoms. The lowest BCUT2D eigenvalue weighted by Gasteiger charge is -2.17. The van der Waals surface area contributed by atoms with E-state index in [-0.39, 0.29) is 11.9 Å². The molecule has 0 amide bonds. The molecule has 1 N–H and O–H groups in total. The van der Waals surface area contributed by atoms with E-state index < -0.39 is 0 Å². The molecule has 16 heavy (non-hydrogen) atoms. The minimum atomic E-state index is -0.150. The van der Waals surface area contributed by atoms with Gasteiger partial charge in [0, 0.05) is 19.3 Å². The van der Waals surface area contributed by atoms with Gasteiger partial charge in [-0.05, 0) is 44.5 Å². The maximum absolute atomic E-state index is 13.1. The number of hydrogen-bond donors (Lipinski definition) is 1. The molecule has 0 fully saturated rings. The van der Waals surface area contributed by atoms with Crippen LogP contribution in [0.2, 0.25) is 0 Å². The first-order chi connectivity index (χ1) is 7.69. The molecule has 0 heterocycles. The van der Waals surface area contributed by atoms with Crippen molar-refractivity contribution in [2.45, 2.75) is 26.3 Å². The van der Waals surface area contributed by atoms with Gasteiger partial charge in [-0.1, -0.05) is 12.1 Å². The lowest BCUT2D eigenvalue weighted by atomic mass is 10.0. The molecule has 0 aliphatic rings. The van der Waals surface area contributed by atoms with Crippen LogP contribution in [0.1, 0.15) is 30.5 Å². The minimum absolute atomic E-state index is 0.150. The molecule has 0 saturated carbocycles. The van der Waals surface area contributed by atoms with Crippen LogP contribution in [0.3, 0.4) is 0 Å². The van der Waals surface area contributed by atoms with Crippen LogP contribution in [0, 0.1) is 12.7 Å². The third kappa shape index (κ3) is 3.58. The Labute approximate surface area is 96.8 Å². The number of rotatable bonds is 6. The predicted molar refractivity (Wildman–Crippen MR) is 64.0 cm³/mol. The highest BCUT2D eigenvalue weighted by atomic mass is 19.1. The summed E-state index contributed by atoms with van der Waals surface area (Å²) in [6.45, 7) is 5.22. The number of aryl methyl sites for hydroxylation is 1. The van der Waals surface area contributed by atoms with Crippen molar-refractivity contribution < 1.29 is 9.13 Å². The monoisotopic (exact) mass is 225 g/mol. The highest BCUT2D eigenvalue weighted by Crippen LogP contribution is 2.19. The summed E-state index contributed by atoms with van der Waals surface area (Å²) in [4.78, 5) is 0. The summed E-state index contributed by atoms with van der Waals surface area (Å²) >= 11 is 0. The Morgan fingerprint density at radius 1 is 1.44 bits per heavy atom. The quantitative estimate of drug-likeness (QED) is 0.752. The van der Waals surface area contributed by atoms with Crippen LogP contribution >= 0.6 is 0 Å². The summed E-state index contributed by atoms with van der Waals surface area (Å²) in [5.41, 5.74) is 1.80. The first kappa shape index (κ1) is 13.1. The molecule has 1 unspecified atom stereocenters. The number of ether oxygens (including phenoxy) is 1. The number of halogens is 1.